The number of amides is 2. The van der Waals surface area contributed by atoms with Gasteiger partial charge in [-0.05, 0) is 68.3 Å². The number of nitrogens with one attached hydrogen (secondary N) is 1. The highest BCUT2D eigenvalue weighted by atomic mass is 32.1. The predicted octanol–water partition coefficient (Wildman–Crippen LogP) is 5.60. The summed E-state index contributed by atoms with van der Waals surface area (Å²) in [6.07, 6.45) is 1.49. The normalized spacial score (nSPS) is 11.7. The third-order valence-corrected chi connectivity index (χ3v) is 7.81. The first kappa shape index (κ1) is 30.0. The number of aromatic nitrogens is 1. The fraction of sp³-hybridized carbons (Fsp3) is 0.303. The van der Waals surface area contributed by atoms with Crippen molar-refractivity contribution < 1.29 is 14.3 Å². The molecule has 0 aliphatic rings. The SMILES string of the molecule is COc1cccc(CN(C)CC[C@H](Cc2ccccc2)NC(=O)c2cccc(C(=O)N(C)Cc3nc(C)cs3)c2)c1. The highest BCUT2D eigenvalue weighted by molar-refractivity contribution is 7.09. The second kappa shape index (κ2) is 14.6. The first-order chi connectivity index (χ1) is 19.8. The van der Waals surface area contributed by atoms with E-state index in [1.54, 1.807) is 43.3 Å². The molecule has 1 atom stereocenters. The highest BCUT2D eigenvalue weighted by Gasteiger charge is 2.19. The Kier molecular flexibility index (Phi) is 10.6. The standard InChI is InChI=1S/C33H38N4O3S/c1-24-23-41-31(34-24)22-37(3)33(39)28-14-9-13-27(20-28)32(38)35-29(18-25-10-6-5-7-11-25)16-17-36(2)21-26-12-8-15-30(19-26)40-4/h5-15,19-20,23,29H,16-18,21-22H2,1-4H3,(H,35,38)/t29-/m1/s1. The molecule has 0 fully saturated rings. The molecule has 0 saturated heterocycles. The van der Waals surface area contributed by atoms with Crippen LogP contribution in [0.1, 0.15) is 49.0 Å². The monoisotopic (exact) mass is 570 g/mol. The number of ether oxygens (including phenoxy) is 1. The maximum absolute atomic E-state index is 13.4. The van der Waals surface area contributed by atoms with E-state index in [-0.39, 0.29) is 17.9 Å². The Hall–Kier alpha value is -4.01. The van der Waals surface area contributed by atoms with Crippen molar-refractivity contribution in [3.05, 3.63) is 117 Å². The molecule has 1 aromatic heterocycles. The van der Waals surface area contributed by atoms with Gasteiger partial charge in [-0.2, -0.15) is 0 Å². The number of carbonyl (C=O) groups is 2. The first-order valence-corrected chi connectivity index (χ1v) is 14.6. The third kappa shape index (κ3) is 8.99. The van der Waals surface area contributed by atoms with Crippen LogP contribution < -0.4 is 10.1 Å². The summed E-state index contributed by atoms with van der Waals surface area (Å²) in [5, 5.41) is 6.09. The van der Waals surface area contributed by atoms with Gasteiger partial charge in [0, 0.05) is 48.4 Å². The molecule has 1 N–H and O–H groups in total. The molecule has 0 aliphatic carbocycles. The molecule has 214 valence electrons. The van der Waals surface area contributed by atoms with Crippen molar-refractivity contribution in [1.82, 2.24) is 20.1 Å². The number of rotatable bonds is 13. The summed E-state index contributed by atoms with van der Waals surface area (Å²) in [5.74, 6) is 0.511. The number of hydrogen-bond acceptors (Lipinski definition) is 6. The van der Waals surface area contributed by atoms with Crippen molar-refractivity contribution in [3.63, 3.8) is 0 Å². The topological polar surface area (TPSA) is 74.8 Å². The molecule has 0 saturated carbocycles. The van der Waals surface area contributed by atoms with Crippen LogP contribution in [0.5, 0.6) is 5.75 Å². The molecule has 8 heteroatoms. The van der Waals surface area contributed by atoms with Gasteiger partial charge in [-0.25, -0.2) is 4.98 Å². The maximum atomic E-state index is 13.4. The smallest absolute Gasteiger partial charge is 0.253 e. The van der Waals surface area contributed by atoms with E-state index >= 15 is 0 Å². The molecule has 4 rings (SSSR count). The Balaban J connectivity index is 1.41. The molecule has 0 aliphatic heterocycles. The van der Waals surface area contributed by atoms with Crippen LogP contribution in [0.3, 0.4) is 0 Å². The van der Waals surface area contributed by atoms with Crippen LogP contribution in [0.4, 0.5) is 0 Å². The van der Waals surface area contributed by atoms with Crippen LogP contribution in [0, 0.1) is 6.92 Å². The Morgan fingerprint density at radius 3 is 2.39 bits per heavy atom. The lowest BCUT2D eigenvalue weighted by Gasteiger charge is -2.23. The summed E-state index contributed by atoms with van der Waals surface area (Å²) >= 11 is 1.54. The second-order valence-corrected chi connectivity index (χ2v) is 11.3. The van der Waals surface area contributed by atoms with Crippen molar-refractivity contribution in [3.8, 4) is 5.75 Å². The first-order valence-electron chi connectivity index (χ1n) is 13.7. The van der Waals surface area contributed by atoms with E-state index < -0.39 is 0 Å². The fourth-order valence-electron chi connectivity index (χ4n) is 4.69. The van der Waals surface area contributed by atoms with Gasteiger partial charge in [-0.15, -0.1) is 11.3 Å². The summed E-state index contributed by atoms with van der Waals surface area (Å²) in [6, 6.07) is 25.1. The quantitative estimate of drug-likeness (QED) is 0.227. The predicted molar refractivity (Wildman–Crippen MR) is 164 cm³/mol. The van der Waals surface area contributed by atoms with Crippen molar-refractivity contribution in [2.24, 2.45) is 0 Å². The molecule has 0 unspecified atom stereocenters. The minimum Gasteiger partial charge on any atom is -0.497 e. The number of benzene rings is 3. The molecule has 0 spiro atoms. The molecule has 7 nitrogen and oxygen atoms in total. The van der Waals surface area contributed by atoms with Crippen LogP contribution in [0.2, 0.25) is 0 Å². The largest absolute Gasteiger partial charge is 0.497 e. The third-order valence-electron chi connectivity index (χ3n) is 6.86. The molecule has 41 heavy (non-hydrogen) atoms. The molecular weight excluding hydrogens is 532 g/mol. The Labute approximate surface area is 246 Å². The minimum atomic E-state index is -0.186. The van der Waals surface area contributed by atoms with Crippen LogP contribution in [0.25, 0.3) is 0 Å². The number of methoxy groups -OCH3 is 1. The number of aryl methyl sites for hydroxylation is 1. The summed E-state index contributed by atoms with van der Waals surface area (Å²) in [4.78, 5) is 34.9. The lowest BCUT2D eigenvalue weighted by molar-refractivity contribution is 0.0785. The van der Waals surface area contributed by atoms with Crippen LogP contribution >= 0.6 is 11.3 Å². The summed E-state index contributed by atoms with van der Waals surface area (Å²) in [5.41, 5.74) is 4.23. The van der Waals surface area contributed by atoms with Crippen LogP contribution in [-0.2, 0) is 19.5 Å². The van der Waals surface area contributed by atoms with E-state index in [1.807, 2.05) is 48.7 Å². The average molecular weight is 571 g/mol. The van der Waals surface area contributed by atoms with Gasteiger partial charge in [0.05, 0.1) is 13.7 Å². The van der Waals surface area contributed by atoms with Gasteiger partial charge in [0.25, 0.3) is 11.8 Å². The van der Waals surface area contributed by atoms with E-state index in [1.165, 1.54) is 16.9 Å². The van der Waals surface area contributed by atoms with E-state index in [0.717, 1.165) is 41.5 Å². The highest BCUT2D eigenvalue weighted by Crippen LogP contribution is 2.16. The maximum Gasteiger partial charge on any atom is 0.253 e. The molecule has 2 amide bonds. The van der Waals surface area contributed by atoms with Gasteiger partial charge in [-0.3, -0.25) is 9.59 Å². The molecular formula is C33H38N4O3S. The Morgan fingerprint density at radius 1 is 0.927 bits per heavy atom. The fourth-order valence-corrected chi connectivity index (χ4v) is 5.52. The molecule has 0 radical (unpaired) electrons. The zero-order valence-electron chi connectivity index (χ0n) is 24.2. The molecule has 3 aromatic carbocycles. The van der Waals surface area contributed by atoms with E-state index in [4.69, 9.17) is 4.74 Å². The summed E-state index contributed by atoms with van der Waals surface area (Å²) in [7, 11) is 5.51. The summed E-state index contributed by atoms with van der Waals surface area (Å²) < 4.78 is 5.36. The Morgan fingerprint density at radius 2 is 1.66 bits per heavy atom. The van der Waals surface area contributed by atoms with Crippen molar-refractivity contribution in [1.29, 1.82) is 0 Å². The van der Waals surface area contributed by atoms with Gasteiger partial charge in [-0.1, -0.05) is 48.5 Å². The average Bonchev–Trinajstić information content (AvgIpc) is 3.40. The van der Waals surface area contributed by atoms with Crippen molar-refractivity contribution in [2.75, 3.05) is 27.7 Å². The van der Waals surface area contributed by atoms with Gasteiger partial charge in [0.1, 0.15) is 10.8 Å². The number of hydrogen-bond donors (Lipinski definition) is 1. The van der Waals surface area contributed by atoms with Crippen molar-refractivity contribution in [2.45, 2.75) is 38.9 Å². The number of carbonyl (C=O) groups excluding carboxylic acids is 2. The molecule has 0 bridgehead atoms. The second-order valence-electron chi connectivity index (χ2n) is 10.4. The molecule has 4 aromatic rings. The lowest BCUT2D eigenvalue weighted by atomic mass is 10.0. The lowest BCUT2D eigenvalue weighted by Crippen LogP contribution is -2.39. The minimum absolute atomic E-state index is 0.0761. The van der Waals surface area contributed by atoms with Gasteiger partial charge < -0.3 is 19.9 Å². The van der Waals surface area contributed by atoms with Crippen LogP contribution in [-0.4, -0.2) is 60.4 Å². The van der Waals surface area contributed by atoms with E-state index in [0.29, 0.717) is 24.1 Å². The van der Waals surface area contributed by atoms with Crippen molar-refractivity contribution >= 4 is 23.2 Å². The Bertz CT molecular complexity index is 1440. The van der Waals surface area contributed by atoms with Gasteiger partial charge in [0.2, 0.25) is 0 Å². The van der Waals surface area contributed by atoms with Crippen LogP contribution in [0.15, 0.2) is 84.2 Å². The van der Waals surface area contributed by atoms with E-state index in [9.17, 15) is 9.59 Å². The number of nitrogens with zero attached hydrogens (tertiary/aromatic N) is 3. The summed E-state index contributed by atoms with van der Waals surface area (Å²) in [6.45, 7) is 3.94. The molecule has 1 heterocycles. The number of thiazole rings is 1. The van der Waals surface area contributed by atoms with E-state index in [2.05, 4.69) is 40.4 Å². The van der Waals surface area contributed by atoms with Gasteiger partial charge in [0.15, 0.2) is 0 Å². The van der Waals surface area contributed by atoms with Gasteiger partial charge >= 0.3 is 0 Å². The zero-order chi connectivity index (χ0) is 29.2. The zero-order valence-corrected chi connectivity index (χ0v) is 25.0.